The molecule has 0 bridgehead atoms. The summed E-state index contributed by atoms with van der Waals surface area (Å²) < 4.78 is 0. The van der Waals surface area contributed by atoms with Crippen LogP contribution < -0.4 is 5.73 Å². The normalized spacial score (nSPS) is 30.1. The summed E-state index contributed by atoms with van der Waals surface area (Å²) in [5.74, 6) is 0. The number of benzene rings is 1. The second-order valence-corrected chi connectivity index (χ2v) is 6.89. The van der Waals surface area contributed by atoms with Gasteiger partial charge in [0.15, 0.2) is 0 Å². The van der Waals surface area contributed by atoms with E-state index >= 15 is 0 Å². The minimum Gasteiger partial charge on any atom is -0.325 e. The monoisotopic (exact) mass is 241 g/mol. The molecule has 3 aliphatic carbocycles. The lowest BCUT2D eigenvalue weighted by Gasteiger charge is -2.43. The van der Waals surface area contributed by atoms with E-state index in [9.17, 15) is 0 Å². The van der Waals surface area contributed by atoms with Crippen molar-refractivity contribution in [3.05, 3.63) is 35.9 Å². The number of nitrogens with two attached hydrogens (primary N) is 1. The highest BCUT2D eigenvalue weighted by molar-refractivity contribution is 5.38. The summed E-state index contributed by atoms with van der Waals surface area (Å²) in [5.41, 5.74) is 9.33. The molecule has 96 valence electrons. The van der Waals surface area contributed by atoms with Crippen molar-refractivity contribution in [3.8, 4) is 0 Å². The Balaban J connectivity index is 1.82. The van der Waals surface area contributed by atoms with Crippen LogP contribution in [0.5, 0.6) is 0 Å². The lowest BCUT2D eigenvalue weighted by atomic mass is 9.62. The zero-order valence-corrected chi connectivity index (χ0v) is 11.1. The van der Waals surface area contributed by atoms with Gasteiger partial charge in [0.25, 0.3) is 0 Å². The van der Waals surface area contributed by atoms with E-state index in [-0.39, 0.29) is 5.54 Å². The second kappa shape index (κ2) is 3.39. The molecule has 1 nitrogen and oxygen atoms in total. The second-order valence-electron chi connectivity index (χ2n) is 6.89. The SMILES string of the molecule is NC1(C2(C3(c4ccccc4)CCCC3)CC2)CC1. The molecule has 0 saturated heterocycles. The van der Waals surface area contributed by atoms with Gasteiger partial charge >= 0.3 is 0 Å². The van der Waals surface area contributed by atoms with Crippen LogP contribution in [0.3, 0.4) is 0 Å². The van der Waals surface area contributed by atoms with Crippen molar-refractivity contribution >= 4 is 0 Å². The Labute approximate surface area is 110 Å². The standard InChI is InChI=1S/C17H23N/c18-17(12-13-17)16(10-11-16)15(8-4-5-9-15)14-6-2-1-3-7-14/h1-3,6-7H,4-5,8-13,18H2. The summed E-state index contributed by atoms with van der Waals surface area (Å²) in [6.07, 6.45) is 10.8. The molecule has 0 amide bonds. The molecular weight excluding hydrogens is 218 g/mol. The van der Waals surface area contributed by atoms with Crippen LogP contribution in [0.4, 0.5) is 0 Å². The summed E-state index contributed by atoms with van der Waals surface area (Å²) in [7, 11) is 0. The Morgan fingerprint density at radius 2 is 1.39 bits per heavy atom. The summed E-state index contributed by atoms with van der Waals surface area (Å²) in [5, 5.41) is 0. The highest BCUT2D eigenvalue weighted by atomic mass is 14.9. The van der Waals surface area contributed by atoms with Crippen LogP contribution in [0.25, 0.3) is 0 Å². The van der Waals surface area contributed by atoms with Gasteiger partial charge in [-0.2, -0.15) is 0 Å². The first kappa shape index (κ1) is 11.0. The minimum atomic E-state index is 0.188. The van der Waals surface area contributed by atoms with Crippen LogP contribution in [-0.2, 0) is 5.41 Å². The van der Waals surface area contributed by atoms with Gasteiger partial charge in [-0.15, -0.1) is 0 Å². The molecule has 0 aromatic heterocycles. The average Bonchev–Trinajstić information content (AvgIpc) is 3.32. The molecule has 1 heteroatoms. The maximum absolute atomic E-state index is 6.69. The van der Waals surface area contributed by atoms with E-state index < -0.39 is 0 Å². The van der Waals surface area contributed by atoms with Gasteiger partial charge in [-0.1, -0.05) is 43.2 Å². The Kier molecular flexibility index (Phi) is 2.08. The quantitative estimate of drug-likeness (QED) is 0.856. The number of hydrogen-bond donors (Lipinski definition) is 1. The van der Waals surface area contributed by atoms with Crippen molar-refractivity contribution < 1.29 is 0 Å². The van der Waals surface area contributed by atoms with E-state index in [0.29, 0.717) is 10.8 Å². The zero-order valence-electron chi connectivity index (χ0n) is 11.1. The zero-order chi connectivity index (χ0) is 12.3. The molecule has 0 aliphatic heterocycles. The van der Waals surface area contributed by atoms with Crippen LogP contribution in [-0.4, -0.2) is 5.54 Å². The largest absolute Gasteiger partial charge is 0.325 e. The summed E-state index contributed by atoms with van der Waals surface area (Å²) >= 11 is 0. The Hall–Kier alpha value is -0.820. The molecule has 3 aliphatic rings. The Morgan fingerprint density at radius 1 is 0.778 bits per heavy atom. The van der Waals surface area contributed by atoms with E-state index in [1.54, 1.807) is 5.56 Å². The third-order valence-electron chi connectivity index (χ3n) is 6.19. The molecule has 0 spiro atoms. The van der Waals surface area contributed by atoms with Gasteiger partial charge in [-0.25, -0.2) is 0 Å². The van der Waals surface area contributed by atoms with Crippen molar-refractivity contribution in [2.45, 2.75) is 62.3 Å². The van der Waals surface area contributed by atoms with Crippen LogP contribution in [0.2, 0.25) is 0 Å². The molecular formula is C17H23N. The van der Waals surface area contributed by atoms with Crippen molar-refractivity contribution in [3.63, 3.8) is 0 Å². The smallest absolute Gasteiger partial charge is 0.0221 e. The van der Waals surface area contributed by atoms with Gasteiger partial charge in [0.1, 0.15) is 0 Å². The highest BCUT2D eigenvalue weighted by Crippen LogP contribution is 2.74. The van der Waals surface area contributed by atoms with Crippen LogP contribution in [0.1, 0.15) is 56.9 Å². The fraction of sp³-hybridized carbons (Fsp3) is 0.647. The summed E-state index contributed by atoms with van der Waals surface area (Å²) in [6, 6.07) is 11.3. The lowest BCUT2D eigenvalue weighted by Crippen LogP contribution is -2.48. The van der Waals surface area contributed by atoms with Crippen molar-refractivity contribution in [1.29, 1.82) is 0 Å². The average molecular weight is 241 g/mol. The van der Waals surface area contributed by atoms with Gasteiger partial charge < -0.3 is 5.73 Å². The van der Waals surface area contributed by atoms with Crippen LogP contribution in [0.15, 0.2) is 30.3 Å². The number of rotatable bonds is 3. The van der Waals surface area contributed by atoms with Crippen molar-refractivity contribution in [2.75, 3.05) is 0 Å². The first-order chi connectivity index (χ1) is 8.73. The molecule has 3 fully saturated rings. The maximum atomic E-state index is 6.69. The van der Waals surface area contributed by atoms with E-state index in [2.05, 4.69) is 30.3 Å². The third-order valence-corrected chi connectivity index (χ3v) is 6.19. The Bertz CT molecular complexity index is 448. The fourth-order valence-electron chi connectivity index (χ4n) is 4.97. The molecule has 18 heavy (non-hydrogen) atoms. The molecule has 0 atom stereocenters. The van der Waals surface area contributed by atoms with Gasteiger partial charge in [-0.3, -0.25) is 0 Å². The van der Waals surface area contributed by atoms with E-state index in [4.69, 9.17) is 5.73 Å². The maximum Gasteiger partial charge on any atom is 0.0221 e. The first-order valence-corrected chi connectivity index (χ1v) is 7.57. The van der Waals surface area contributed by atoms with Crippen LogP contribution in [0, 0.1) is 5.41 Å². The van der Waals surface area contributed by atoms with E-state index in [0.717, 1.165) is 0 Å². The molecule has 2 N–H and O–H groups in total. The van der Waals surface area contributed by atoms with Crippen molar-refractivity contribution in [1.82, 2.24) is 0 Å². The minimum absolute atomic E-state index is 0.188. The lowest BCUT2D eigenvalue weighted by molar-refractivity contribution is 0.189. The predicted octanol–water partition coefficient (Wildman–Crippen LogP) is 3.77. The van der Waals surface area contributed by atoms with Gasteiger partial charge in [0.2, 0.25) is 0 Å². The molecule has 1 aromatic carbocycles. The molecule has 1 aromatic rings. The van der Waals surface area contributed by atoms with Gasteiger partial charge in [-0.05, 0) is 49.5 Å². The first-order valence-electron chi connectivity index (χ1n) is 7.57. The molecule has 0 heterocycles. The fourth-order valence-corrected chi connectivity index (χ4v) is 4.97. The molecule has 0 radical (unpaired) electrons. The number of hydrogen-bond acceptors (Lipinski definition) is 1. The Morgan fingerprint density at radius 3 is 1.89 bits per heavy atom. The topological polar surface area (TPSA) is 26.0 Å². The van der Waals surface area contributed by atoms with Gasteiger partial charge in [0, 0.05) is 11.0 Å². The predicted molar refractivity (Wildman–Crippen MR) is 74.4 cm³/mol. The molecule has 0 unspecified atom stereocenters. The summed E-state index contributed by atoms with van der Waals surface area (Å²) in [4.78, 5) is 0. The highest BCUT2D eigenvalue weighted by Gasteiger charge is 2.72. The van der Waals surface area contributed by atoms with E-state index in [1.807, 2.05) is 0 Å². The molecule has 3 saturated carbocycles. The van der Waals surface area contributed by atoms with Crippen molar-refractivity contribution in [2.24, 2.45) is 11.1 Å². The van der Waals surface area contributed by atoms with Gasteiger partial charge in [0.05, 0.1) is 0 Å². The van der Waals surface area contributed by atoms with Crippen LogP contribution >= 0.6 is 0 Å². The van der Waals surface area contributed by atoms with E-state index in [1.165, 1.54) is 51.4 Å². The summed E-state index contributed by atoms with van der Waals surface area (Å²) in [6.45, 7) is 0. The third kappa shape index (κ3) is 1.21. The molecule has 4 rings (SSSR count).